The Morgan fingerprint density at radius 3 is 2.30 bits per heavy atom. The first-order valence-electron chi connectivity index (χ1n) is 8.99. The number of hydrogen-bond donors (Lipinski definition) is 0. The number of thioether (sulfide) groups is 1. The van der Waals surface area contributed by atoms with Crippen LogP contribution in [0.15, 0.2) is 24.3 Å². The molecule has 3 rings (SSSR count). The fraction of sp³-hybridized carbons (Fsp3) is 0.500. The van der Waals surface area contributed by atoms with E-state index in [1.165, 1.54) is 0 Å². The van der Waals surface area contributed by atoms with Gasteiger partial charge in [-0.25, -0.2) is 4.79 Å². The lowest BCUT2D eigenvalue weighted by Gasteiger charge is -2.31. The summed E-state index contributed by atoms with van der Waals surface area (Å²) >= 11 is 1.64. The van der Waals surface area contributed by atoms with Gasteiger partial charge in [0.1, 0.15) is 17.4 Å². The first kappa shape index (κ1) is 19.6. The number of benzene rings is 1. The maximum Gasteiger partial charge on any atom is 0.329 e. The minimum Gasteiger partial charge on any atom is -0.458 e. The number of carbonyl (C=O) groups excluding carboxylic acids is 4. The normalized spacial score (nSPS) is 21.2. The van der Waals surface area contributed by atoms with E-state index in [-0.39, 0.29) is 29.2 Å². The molecule has 0 aromatic heterocycles. The van der Waals surface area contributed by atoms with Gasteiger partial charge in [-0.3, -0.25) is 19.3 Å². The van der Waals surface area contributed by atoms with E-state index >= 15 is 0 Å². The summed E-state index contributed by atoms with van der Waals surface area (Å²) in [6.45, 7) is 5.18. The quantitative estimate of drug-likeness (QED) is 0.582. The lowest BCUT2D eigenvalue weighted by Crippen LogP contribution is -2.49. The highest BCUT2D eigenvalue weighted by molar-refractivity contribution is 7.99. The maximum absolute atomic E-state index is 12.9. The summed E-state index contributed by atoms with van der Waals surface area (Å²) < 4.78 is 5.48. The van der Waals surface area contributed by atoms with Crippen LogP contribution in [0.2, 0.25) is 0 Å². The van der Waals surface area contributed by atoms with Crippen molar-refractivity contribution in [1.82, 2.24) is 4.90 Å². The molecule has 2 amide bonds. The molecule has 144 valence electrons. The second-order valence-corrected chi connectivity index (χ2v) is 8.95. The van der Waals surface area contributed by atoms with Crippen LogP contribution in [-0.2, 0) is 14.3 Å². The fourth-order valence-electron chi connectivity index (χ4n) is 3.33. The number of rotatable bonds is 4. The first-order valence-corrected chi connectivity index (χ1v) is 10.1. The van der Waals surface area contributed by atoms with Crippen LogP contribution >= 0.6 is 11.8 Å². The molecule has 2 heterocycles. The molecular formula is C20H23NO5S. The fourth-order valence-corrected chi connectivity index (χ4v) is 4.45. The summed E-state index contributed by atoms with van der Waals surface area (Å²) in [5, 5.41) is 0. The van der Waals surface area contributed by atoms with E-state index in [4.69, 9.17) is 4.74 Å². The van der Waals surface area contributed by atoms with Crippen LogP contribution in [0, 0.1) is 5.92 Å². The molecule has 0 N–H and O–H groups in total. The summed E-state index contributed by atoms with van der Waals surface area (Å²) in [4.78, 5) is 51.8. The predicted molar refractivity (Wildman–Crippen MR) is 102 cm³/mol. The van der Waals surface area contributed by atoms with Gasteiger partial charge in [-0.2, -0.15) is 11.8 Å². The van der Waals surface area contributed by atoms with E-state index < -0.39 is 29.4 Å². The topological polar surface area (TPSA) is 80.8 Å². The third-order valence-electron chi connectivity index (χ3n) is 4.59. The molecule has 0 unspecified atom stereocenters. The van der Waals surface area contributed by atoms with Crippen molar-refractivity contribution in [2.24, 2.45) is 5.92 Å². The van der Waals surface area contributed by atoms with E-state index in [1.54, 1.807) is 56.8 Å². The van der Waals surface area contributed by atoms with E-state index in [1.807, 2.05) is 0 Å². The van der Waals surface area contributed by atoms with Gasteiger partial charge in [0, 0.05) is 23.8 Å². The molecule has 7 heteroatoms. The Kier molecular flexibility index (Phi) is 5.42. The number of Topliss-reactive ketones (excluding diaryl/α,β-unsaturated/α-hetero) is 1. The van der Waals surface area contributed by atoms with Crippen molar-refractivity contribution in [2.75, 3.05) is 11.5 Å². The Hall–Kier alpha value is -2.15. The number of hydrogen-bond acceptors (Lipinski definition) is 6. The van der Waals surface area contributed by atoms with Gasteiger partial charge in [-0.15, -0.1) is 0 Å². The summed E-state index contributed by atoms with van der Waals surface area (Å²) in [5.41, 5.74) is -0.208. The van der Waals surface area contributed by atoms with Gasteiger partial charge in [-0.05, 0) is 39.3 Å². The number of imide groups is 1. The molecule has 1 fully saturated rings. The molecule has 0 bridgehead atoms. The largest absolute Gasteiger partial charge is 0.458 e. The number of ether oxygens (including phenoxy) is 1. The van der Waals surface area contributed by atoms with Crippen molar-refractivity contribution in [1.29, 1.82) is 0 Å². The lowest BCUT2D eigenvalue weighted by molar-refractivity contribution is -0.160. The van der Waals surface area contributed by atoms with Gasteiger partial charge in [0.25, 0.3) is 11.8 Å². The third kappa shape index (κ3) is 4.08. The van der Waals surface area contributed by atoms with Crippen molar-refractivity contribution in [3.8, 4) is 0 Å². The van der Waals surface area contributed by atoms with Crippen LogP contribution in [0.5, 0.6) is 0 Å². The zero-order valence-electron chi connectivity index (χ0n) is 15.7. The SMILES string of the molecule is CC(C)(C)OC(=O)[C@H](C[C@@H]1CSCCC1=O)N1C(=O)c2ccccc2C1=O. The highest BCUT2D eigenvalue weighted by atomic mass is 32.2. The summed E-state index contributed by atoms with van der Waals surface area (Å²) in [6, 6.07) is 5.39. The number of amides is 2. The Morgan fingerprint density at radius 2 is 1.78 bits per heavy atom. The van der Waals surface area contributed by atoms with E-state index in [0.29, 0.717) is 12.2 Å². The van der Waals surface area contributed by atoms with Crippen molar-refractivity contribution in [3.63, 3.8) is 0 Å². The second kappa shape index (κ2) is 7.46. The van der Waals surface area contributed by atoms with E-state index in [0.717, 1.165) is 10.7 Å². The molecule has 27 heavy (non-hydrogen) atoms. The van der Waals surface area contributed by atoms with Crippen molar-refractivity contribution in [2.45, 2.75) is 45.3 Å². The number of nitrogens with zero attached hydrogens (tertiary/aromatic N) is 1. The molecule has 2 atom stereocenters. The van der Waals surface area contributed by atoms with Crippen LogP contribution < -0.4 is 0 Å². The van der Waals surface area contributed by atoms with Crippen molar-refractivity contribution in [3.05, 3.63) is 35.4 Å². The maximum atomic E-state index is 12.9. The van der Waals surface area contributed by atoms with E-state index in [9.17, 15) is 19.2 Å². The molecule has 1 aromatic carbocycles. The molecule has 1 saturated heterocycles. The minimum absolute atomic E-state index is 0.0684. The smallest absolute Gasteiger partial charge is 0.329 e. The third-order valence-corrected chi connectivity index (χ3v) is 5.72. The van der Waals surface area contributed by atoms with Crippen LogP contribution in [0.4, 0.5) is 0 Å². The lowest BCUT2D eigenvalue weighted by atomic mass is 9.94. The zero-order chi connectivity index (χ0) is 19.8. The predicted octanol–water partition coefficient (Wildman–Crippen LogP) is 2.71. The highest BCUT2D eigenvalue weighted by Crippen LogP contribution is 2.31. The molecule has 0 saturated carbocycles. The summed E-state index contributed by atoms with van der Waals surface area (Å²) in [6.07, 6.45) is 0.546. The molecule has 0 spiro atoms. The highest BCUT2D eigenvalue weighted by Gasteiger charge is 2.45. The van der Waals surface area contributed by atoms with Crippen LogP contribution in [0.1, 0.15) is 54.3 Å². The van der Waals surface area contributed by atoms with Crippen LogP contribution in [-0.4, -0.2) is 51.6 Å². The van der Waals surface area contributed by atoms with Crippen molar-refractivity contribution >= 4 is 35.3 Å². The van der Waals surface area contributed by atoms with Crippen LogP contribution in [0.3, 0.4) is 0 Å². The van der Waals surface area contributed by atoms with Crippen molar-refractivity contribution < 1.29 is 23.9 Å². The minimum atomic E-state index is -1.11. The van der Waals surface area contributed by atoms with Gasteiger partial charge in [-0.1, -0.05) is 12.1 Å². The zero-order valence-corrected chi connectivity index (χ0v) is 16.5. The number of fused-ring (bicyclic) bond motifs is 1. The molecule has 0 aliphatic carbocycles. The summed E-state index contributed by atoms with van der Waals surface area (Å²) in [5.74, 6) is -0.629. The number of ketones is 1. The second-order valence-electron chi connectivity index (χ2n) is 7.80. The molecule has 0 radical (unpaired) electrons. The summed E-state index contributed by atoms with van der Waals surface area (Å²) in [7, 11) is 0. The standard InChI is InChI=1S/C20H23NO5S/c1-20(2,3)26-19(25)15(10-12-11-27-9-8-16(12)22)21-17(23)13-6-4-5-7-14(13)18(21)24/h4-7,12,15H,8-11H2,1-3H3/t12-,15+/m1/s1. The molecule has 2 aliphatic heterocycles. The van der Waals surface area contributed by atoms with Gasteiger partial charge >= 0.3 is 5.97 Å². The molecule has 1 aromatic rings. The Labute approximate surface area is 162 Å². The Morgan fingerprint density at radius 1 is 1.19 bits per heavy atom. The molecular weight excluding hydrogens is 366 g/mol. The Balaban J connectivity index is 1.92. The van der Waals surface area contributed by atoms with E-state index in [2.05, 4.69) is 0 Å². The first-order chi connectivity index (χ1) is 12.7. The van der Waals surface area contributed by atoms with Gasteiger partial charge in [0.2, 0.25) is 0 Å². The average Bonchev–Trinajstić information content (AvgIpc) is 2.84. The average molecular weight is 389 g/mol. The molecule has 2 aliphatic rings. The van der Waals surface area contributed by atoms with Gasteiger partial charge < -0.3 is 4.74 Å². The van der Waals surface area contributed by atoms with Gasteiger partial charge in [0.15, 0.2) is 0 Å². The number of esters is 1. The van der Waals surface area contributed by atoms with Gasteiger partial charge in [0.05, 0.1) is 11.1 Å². The number of carbonyl (C=O) groups is 4. The molecule has 6 nitrogen and oxygen atoms in total. The Bertz CT molecular complexity index is 763. The monoisotopic (exact) mass is 389 g/mol. The van der Waals surface area contributed by atoms with Crippen LogP contribution in [0.25, 0.3) is 0 Å².